The monoisotopic (exact) mass is 1040 g/mol. The molecular formula is C58H56ClN9O8. The molecule has 0 aliphatic rings. The van der Waals surface area contributed by atoms with Crippen molar-refractivity contribution in [1.82, 2.24) is 14.9 Å². The van der Waals surface area contributed by atoms with E-state index in [9.17, 15) is 20.1 Å². The number of ether oxygens (including phenoxy) is 6. The lowest BCUT2D eigenvalue weighted by atomic mass is 10.1. The molecule has 0 bridgehead atoms. The Morgan fingerprint density at radius 2 is 0.882 bits per heavy atom. The molecule has 0 aliphatic carbocycles. The molecular weight excluding hydrogens is 986 g/mol. The second-order valence-corrected chi connectivity index (χ2v) is 17.4. The number of urea groups is 2. The number of aromatic nitrogens is 2. The first-order chi connectivity index (χ1) is 37.0. The van der Waals surface area contributed by atoms with Gasteiger partial charge in [-0.1, -0.05) is 0 Å². The highest BCUT2D eigenvalue weighted by Crippen LogP contribution is 2.35. The van der Waals surface area contributed by atoms with Gasteiger partial charge in [-0.05, 0) is 168 Å². The van der Waals surface area contributed by atoms with Crippen LogP contribution in [0, 0.1) is 22.7 Å². The topological polar surface area (TPSA) is 214 Å². The predicted molar refractivity (Wildman–Crippen MR) is 296 cm³/mol. The molecule has 0 atom stereocenters. The fourth-order valence-corrected chi connectivity index (χ4v) is 7.57. The first-order valence-corrected chi connectivity index (χ1v) is 24.7. The van der Waals surface area contributed by atoms with Crippen LogP contribution in [0.1, 0.15) is 36.8 Å². The SMILES string of the molecule is COc1ccc(NC(=O)Nc2ccc(Oc3ccnc4cc(OCCCCCl)c(C#N)cc34)cc2)cc1.COc1ccc(NC(=O)Nc2ccc(Oc3ccnc4cc(OCCCCN(C)C)c(C#N)cc34)cc2)cc1. The molecule has 0 unspecified atom stereocenters. The van der Waals surface area contributed by atoms with E-state index in [-0.39, 0.29) is 12.1 Å². The van der Waals surface area contributed by atoms with E-state index in [1.54, 1.807) is 160 Å². The Balaban J connectivity index is 0.000000221. The molecule has 0 aliphatic heterocycles. The molecule has 18 heteroatoms. The van der Waals surface area contributed by atoms with Crippen molar-refractivity contribution in [2.75, 3.05) is 75.2 Å². The van der Waals surface area contributed by atoms with Crippen LogP contribution in [0.5, 0.6) is 46.0 Å². The number of benzene rings is 6. The molecule has 0 saturated carbocycles. The summed E-state index contributed by atoms with van der Waals surface area (Å²) in [6.45, 7) is 1.99. The average molecular weight is 1040 g/mol. The van der Waals surface area contributed by atoms with Gasteiger partial charge in [0.25, 0.3) is 0 Å². The average Bonchev–Trinajstić information content (AvgIpc) is 3.46. The summed E-state index contributed by atoms with van der Waals surface area (Å²) in [5.74, 6) is 5.24. The van der Waals surface area contributed by atoms with Crippen LogP contribution in [0.2, 0.25) is 0 Å². The Morgan fingerprint density at radius 3 is 1.22 bits per heavy atom. The second-order valence-electron chi connectivity index (χ2n) is 17.0. The van der Waals surface area contributed by atoms with Gasteiger partial charge in [0.15, 0.2) is 0 Å². The molecule has 76 heavy (non-hydrogen) atoms. The van der Waals surface area contributed by atoms with E-state index in [4.69, 9.17) is 40.0 Å². The minimum absolute atomic E-state index is 0.367. The Kier molecular flexibility index (Phi) is 19.8. The summed E-state index contributed by atoms with van der Waals surface area (Å²) in [7, 11) is 7.25. The molecule has 0 fully saturated rings. The highest BCUT2D eigenvalue weighted by Gasteiger charge is 2.15. The number of anilines is 4. The number of carbonyl (C=O) groups is 2. The number of fused-ring (bicyclic) bond motifs is 2. The van der Waals surface area contributed by atoms with Crippen LogP contribution in [0.25, 0.3) is 21.8 Å². The number of nitrogens with zero attached hydrogens (tertiary/aromatic N) is 5. The molecule has 0 spiro atoms. The third-order valence-corrected chi connectivity index (χ3v) is 11.5. The summed E-state index contributed by atoms with van der Waals surface area (Å²) in [5, 5.41) is 31.8. The van der Waals surface area contributed by atoms with E-state index in [0.29, 0.717) is 121 Å². The van der Waals surface area contributed by atoms with Gasteiger partial charge in [0.05, 0.1) is 49.6 Å². The fraction of sp³-hybridized carbons (Fsp3) is 0.207. The molecule has 0 radical (unpaired) electrons. The van der Waals surface area contributed by atoms with Gasteiger partial charge < -0.3 is 54.6 Å². The zero-order valence-corrected chi connectivity index (χ0v) is 43.1. The van der Waals surface area contributed by atoms with Gasteiger partial charge in [-0.15, -0.1) is 11.6 Å². The number of amides is 4. The fourth-order valence-electron chi connectivity index (χ4n) is 7.38. The minimum Gasteiger partial charge on any atom is -0.497 e. The third kappa shape index (κ3) is 15.9. The summed E-state index contributed by atoms with van der Waals surface area (Å²) >= 11 is 5.72. The number of carbonyl (C=O) groups excluding carboxylic acids is 2. The van der Waals surface area contributed by atoms with Crippen LogP contribution in [0.4, 0.5) is 32.3 Å². The van der Waals surface area contributed by atoms with E-state index in [0.717, 1.165) is 32.2 Å². The van der Waals surface area contributed by atoms with Crippen LogP contribution >= 0.6 is 11.6 Å². The van der Waals surface area contributed by atoms with E-state index in [2.05, 4.69) is 48.3 Å². The van der Waals surface area contributed by atoms with Crippen molar-refractivity contribution in [1.29, 1.82) is 10.5 Å². The van der Waals surface area contributed by atoms with Crippen LogP contribution in [0.3, 0.4) is 0 Å². The number of nitrogens with one attached hydrogen (secondary N) is 4. The molecule has 8 aromatic rings. The van der Waals surface area contributed by atoms with Gasteiger partial charge in [-0.25, -0.2) is 9.59 Å². The molecule has 4 amide bonds. The minimum atomic E-state index is -0.372. The predicted octanol–water partition coefficient (Wildman–Crippen LogP) is 13.2. The molecule has 2 aromatic heterocycles. The lowest BCUT2D eigenvalue weighted by Crippen LogP contribution is -2.19. The summed E-state index contributed by atoms with van der Waals surface area (Å²) in [6, 6.07) is 42.2. The third-order valence-electron chi connectivity index (χ3n) is 11.3. The van der Waals surface area contributed by atoms with Crippen molar-refractivity contribution < 1.29 is 38.0 Å². The summed E-state index contributed by atoms with van der Waals surface area (Å²) in [4.78, 5) is 35.6. The largest absolute Gasteiger partial charge is 0.497 e. The molecule has 0 saturated heterocycles. The number of alkyl halides is 1. The zero-order chi connectivity index (χ0) is 53.7. The number of nitriles is 2. The van der Waals surface area contributed by atoms with Gasteiger partial charge in [-0.2, -0.15) is 10.5 Å². The smallest absolute Gasteiger partial charge is 0.323 e. The van der Waals surface area contributed by atoms with Crippen molar-refractivity contribution in [3.63, 3.8) is 0 Å². The van der Waals surface area contributed by atoms with Gasteiger partial charge in [0.2, 0.25) is 0 Å². The number of methoxy groups -OCH3 is 2. The van der Waals surface area contributed by atoms with Gasteiger partial charge in [0, 0.05) is 63.9 Å². The second kappa shape index (κ2) is 27.7. The van der Waals surface area contributed by atoms with E-state index in [1.807, 2.05) is 14.1 Å². The van der Waals surface area contributed by atoms with Crippen molar-refractivity contribution in [2.24, 2.45) is 0 Å². The van der Waals surface area contributed by atoms with Gasteiger partial charge in [0.1, 0.15) is 58.1 Å². The first kappa shape index (κ1) is 54.5. The quantitative estimate of drug-likeness (QED) is 0.0390. The maximum Gasteiger partial charge on any atom is 0.323 e. The molecule has 388 valence electrons. The van der Waals surface area contributed by atoms with Crippen molar-refractivity contribution in [2.45, 2.75) is 25.7 Å². The standard InChI is InChI=1S/C30H31N5O4.C28H25ClN4O4/c1-35(2)16-4-5-17-38-29-19-27-26(18-21(29)20-31)28(14-15-32-27)39-25-12-8-23(9-13-25)34-30(36)33-22-6-10-24(37-3)11-7-22;1-35-22-8-4-20(5-9-22)32-28(34)33-21-6-10-23(11-7-21)37-26-12-14-31-25-17-27(36-15-3-2-13-29)19(18-30)16-24(25)26/h6-15,18-19H,4-5,16-17H2,1-3H3,(H2,33,34,36);4-12,14,16-17H,2-3,13,15H2,1H3,(H2,32,33,34). The van der Waals surface area contributed by atoms with Crippen LogP contribution in [-0.2, 0) is 0 Å². The maximum atomic E-state index is 12.3. The molecule has 4 N–H and O–H groups in total. The number of halogens is 1. The van der Waals surface area contributed by atoms with Crippen LogP contribution in [-0.4, -0.2) is 80.9 Å². The van der Waals surface area contributed by atoms with Crippen molar-refractivity contribution in [3.05, 3.63) is 157 Å². The zero-order valence-electron chi connectivity index (χ0n) is 42.4. The number of pyridine rings is 2. The Labute approximate surface area is 445 Å². The molecule has 2 heterocycles. The van der Waals surface area contributed by atoms with E-state index >= 15 is 0 Å². The number of unbranched alkanes of at least 4 members (excludes halogenated alkanes) is 2. The Bertz CT molecular complexity index is 3290. The highest BCUT2D eigenvalue weighted by atomic mass is 35.5. The Morgan fingerprint density at radius 1 is 0.513 bits per heavy atom. The maximum absolute atomic E-state index is 12.3. The summed E-state index contributed by atoms with van der Waals surface area (Å²) in [6.07, 6.45) is 6.85. The molecule has 8 rings (SSSR count). The summed E-state index contributed by atoms with van der Waals surface area (Å²) < 4.78 is 34.1. The molecule has 6 aromatic carbocycles. The van der Waals surface area contributed by atoms with Crippen molar-refractivity contribution >= 4 is 68.2 Å². The van der Waals surface area contributed by atoms with Crippen LogP contribution < -0.4 is 49.7 Å². The summed E-state index contributed by atoms with van der Waals surface area (Å²) in [5.41, 5.74) is 4.64. The normalized spacial score (nSPS) is 10.5. The number of hydrogen-bond donors (Lipinski definition) is 4. The first-order valence-electron chi connectivity index (χ1n) is 24.2. The van der Waals surface area contributed by atoms with Crippen LogP contribution in [0.15, 0.2) is 146 Å². The Hall–Kier alpha value is -9.29. The lowest BCUT2D eigenvalue weighted by Gasteiger charge is -2.13. The number of rotatable bonds is 21. The van der Waals surface area contributed by atoms with E-state index < -0.39 is 0 Å². The molecule has 17 nitrogen and oxygen atoms in total. The van der Waals surface area contributed by atoms with Gasteiger partial charge in [-0.3, -0.25) is 9.97 Å². The van der Waals surface area contributed by atoms with Crippen molar-refractivity contribution in [3.8, 4) is 58.1 Å². The van der Waals surface area contributed by atoms with E-state index in [1.165, 1.54) is 0 Å². The number of hydrogen-bond acceptors (Lipinski definition) is 13. The van der Waals surface area contributed by atoms with Gasteiger partial charge >= 0.3 is 12.1 Å². The highest BCUT2D eigenvalue weighted by molar-refractivity contribution is 6.17. The lowest BCUT2D eigenvalue weighted by molar-refractivity contribution is 0.261.